The lowest BCUT2D eigenvalue weighted by atomic mass is 9.84. The van der Waals surface area contributed by atoms with Gasteiger partial charge >= 0.3 is 22.3 Å². The summed E-state index contributed by atoms with van der Waals surface area (Å²) in [6, 6.07) is 18.4. The number of carbonyl (C=O) groups is 6. The smallest absolute Gasteiger partial charge is 0.442 e. The minimum atomic E-state index is -5.37. The van der Waals surface area contributed by atoms with E-state index in [1.807, 2.05) is 59.9 Å². The molecule has 4 atom stereocenters. The zero-order chi connectivity index (χ0) is 67.0. The molecule has 93 heavy (non-hydrogen) atoms. The van der Waals surface area contributed by atoms with E-state index in [0.29, 0.717) is 23.2 Å². The van der Waals surface area contributed by atoms with Crippen molar-refractivity contribution in [1.82, 2.24) is 30.7 Å². The van der Waals surface area contributed by atoms with Gasteiger partial charge in [0, 0.05) is 34.0 Å². The van der Waals surface area contributed by atoms with E-state index in [9.17, 15) is 47.4 Å². The molecule has 0 spiro atoms. The molecule has 2 aliphatic carbocycles. The van der Waals surface area contributed by atoms with Crippen molar-refractivity contribution in [2.24, 2.45) is 35.9 Å². The fourth-order valence-corrected chi connectivity index (χ4v) is 11.6. The molecule has 4 aromatic heterocycles. The molecule has 0 unspecified atom stereocenters. The molecule has 32 nitrogen and oxygen atoms in total. The van der Waals surface area contributed by atoms with Crippen LogP contribution in [0.4, 0.5) is 21.9 Å². The Morgan fingerprint density at radius 3 is 1.28 bits per heavy atom. The third kappa shape index (κ3) is 15.3. The number of hydroxylamine groups is 4. The number of thiazole rings is 2. The highest BCUT2D eigenvalue weighted by atomic mass is 32.3. The maximum Gasteiger partial charge on any atom is 0.442 e. The first-order valence-corrected chi connectivity index (χ1v) is 31.8. The van der Waals surface area contributed by atoms with Gasteiger partial charge in [-0.1, -0.05) is 34.6 Å². The van der Waals surface area contributed by atoms with Crippen LogP contribution in [0.5, 0.6) is 11.5 Å². The van der Waals surface area contributed by atoms with E-state index in [-0.39, 0.29) is 44.2 Å². The number of β-lactam (4-membered cyclic amide) rings is 2. The number of hydrogen-bond acceptors (Lipinski definition) is 26. The number of hydrogen-bond donors (Lipinski definition) is 10. The first-order chi connectivity index (χ1) is 43.9. The molecule has 10 rings (SSSR count). The quantitative estimate of drug-likeness (QED) is 0.0130. The van der Waals surface area contributed by atoms with E-state index in [1.54, 1.807) is 48.5 Å². The van der Waals surface area contributed by atoms with Crippen LogP contribution in [0, 0.1) is 0 Å². The minimum Gasteiger partial charge on any atom is -0.489 e. The van der Waals surface area contributed by atoms with Crippen LogP contribution < -0.4 is 62.8 Å². The number of carboxylic acid groups (broad SMARTS) is 2. The number of nitrogen functional groups attached to an aromatic ring is 2. The van der Waals surface area contributed by atoms with Crippen LogP contribution >= 0.6 is 22.7 Å². The van der Waals surface area contributed by atoms with Gasteiger partial charge < -0.3 is 62.9 Å². The molecule has 4 amide bonds. The van der Waals surface area contributed by atoms with E-state index in [1.165, 1.54) is 38.5 Å². The molecule has 2 aliphatic heterocycles. The second-order valence-corrected chi connectivity index (χ2v) is 26.7. The summed E-state index contributed by atoms with van der Waals surface area (Å²) in [7, 11) is -1.55. The summed E-state index contributed by atoms with van der Waals surface area (Å²) in [5.74, 6) is -5.17. The van der Waals surface area contributed by atoms with Crippen molar-refractivity contribution < 1.29 is 84.2 Å². The Kier molecular flexibility index (Phi) is 18.6. The highest BCUT2D eigenvalue weighted by Crippen LogP contribution is 2.38. The number of amides is 4. The summed E-state index contributed by atoms with van der Waals surface area (Å²) in [6.07, 6.45) is 4.22. The lowest BCUT2D eigenvalue weighted by Gasteiger charge is -2.52. The number of oxime groups is 2. The molecule has 14 N–H and O–H groups in total. The van der Waals surface area contributed by atoms with Gasteiger partial charge in [-0.05, 0) is 101 Å². The molecular formula is C58H68N16O16S3+2. The van der Waals surface area contributed by atoms with E-state index in [2.05, 4.69) is 41.5 Å². The third-order valence-electron chi connectivity index (χ3n) is 15.8. The number of nitrogens with zero attached hydrogens (tertiary/aromatic N) is 8. The number of aryl methyl sites for hydroxylation is 2. The highest BCUT2D eigenvalue weighted by molar-refractivity contribution is 7.81. The number of anilines is 4. The summed E-state index contributed by atoms with van der Waals surface area (Å²) in [6.45, 7) is 5.41. The fourth-order valence-electron chi connectivity index (χ4n) is 9.54. The topological polar surface area (TPSA) is 449 Å². The summed E-state index contributed by atoms with van der Waals surface area (Å²) < 4.78 is 52.4. The summed E-state index contributed by atoms with van der Waals surface area (Å²) >= 11 is 1.81. The van der Waals surface area contributed by atoms with Gasteiger partial charge in [-0.15, -0.1) is 31.2 Å². The standard InChI is InChI=1S/C58H66N16O16S3/c1-55(2)45(67-47(75)43(37-27-91-53(59)65-37)69-87-39(51(79)80)25-85-35-13-7-31(8-14-35)33-11-17-41(71(5)23-33)63-29-57(61)19-20-57)49(77)73(55)89-93(83,84)90-74-50(78)46(56(74,3)4)68-48(76)44(38-28-92-54(60)66-38)70-88-40(52(81)82)26-86-36-15-9-32(10-16-36)34-12-18-42(72(6)24-34)64-30-58(62)21-22-58/h7-18,23-24,27-28,39-40,45-46H,19-22,25-26,29-30,61-62H2,1-6H3,(H8,59,60,65,66,67,68,75,76,79,80,81,82)/p+2/b69-43-,70-44-/t39-,40-,45+,46+/m0/s1. The number of aromatic nitrogens is 4. The van der Waals surface area contributed by atoms with Crippen LogP contribution in [-0.4, -0.2) is 158 Å². The Balaban J connectivity index is 0.722. The average molecular weight is 1340 g/mol. The van der Waals surface area contributed by atoms with Gasteiger partial charge in [-0.2, -0.15) is 18.5 Å². The average Bonchev–Trinajstić information content (AvgIpc) is 1.72. The number of nitrogens with two attached hydrogens (primary N) is 4. The molecule has 4 aliphatic rings. The normalized spacial score (nSPS) is 19.0. The van der Waals surface area contributed by atoms with E-state index in [4.69, 9.17) is 50.7 Å². The molecule has 35 heteroatoms. The van der Waals surface area contributed by atoms with E-state index >= 15 is 0 Å². The van der Waals surface area contributed by atoms with Crippen molar-refractivity contribution in [2.45, 2.75) is 99.8 Å². The van der Waals surface area contributed by atoms with Gasteiger partial charge in [-0.25, -0.2) is 28.7 Å². The number of ether oxygens (including phenoxy) is 2. The van der Waals surface area contributed by atoms with Crippen molar-refractivity contribution in [2.75, 3.05) is 48.4 Å². The van der Waals surface area contributed by atoms with Crippen LogP contribution in [0.15, 0.2) is 106 Å². The molecule has 0 radical (unpaired) electrons. The minimum absolute atomic E-state index is 0.0120. The molecule has 4 fully saturated rings. The van der Waals surface area contributed by atoms with Crippen LogP contribution in [0.1, 0.15) is 64.8 Å². The number of carboxylic acids is 2. The molecule has 6 heterocycles. The Morgan fingerprint density at radius 1 is 0.624 bits per heavy atom. The van der Waals surface area contributed by atoms with Crippen LogP contribution in [0.2, 0.25) is 0 Å². The van der Waals surface area contributed by atoms with Crippen molar-refractivity contribution in [3.8, 4) is 33.8 Å². The Hall–Kier alpha value is -9.65. The second-order valence-electron chi connectivity index (χ2n) is 23.8. The molecule has 2 aromatic carbocycles. The van der Waals surface area contributed by atoms with Gasteiger partial charge in [0.2, 0.25) is 0 Å². The number of rotatable bonds is 30. The molecule has 2 saturated carbocycles. The number of benzene rings is 2. The lowest BCUT2D eigenvalue weighted by molar-refractivity contribution is -0.656. The number of carbonyl (C=O) groups excluding carboxylic acids is 4. The highest BCUT2D eigenvalue weighted by Gasteiger charge is 2.61. The number of aliphatic carboxylic acids is 2. The predicted molar refractivity (Wildman–Crippen MR) is 334 cm³/mol. The first kappa shape index (κ1) is 66.3. The summed E-state index contributed by atoms with van der Waals surface area (Å²) in [5.41, 5.74) is 22.4. The van der Waals surface area contributed by atoms with Crippen LogP contribution in [0.3, 0.4) is 0 Å². The predicted octanol–water partition coefficient (Wildman–Crippen LogP) is 1.08. The number of pyridine rings is 2. The maximum atomic E-state index is 13.9. The number of nitrogens with one attached hydrogen (secondary N) is 4. The molecule has 2 saturated heterocycles. The first-order valence-electron chi connectivity index (χ1n) is 28.7. The zero-order valence-electron chi connectivity index (χ0n) is 50.9. The van der Waals surface area contributed by atoms with Gasteiger partial charge in [0.05, 0.1) is 48.6 Å². The van der Waals surface area contributed by atoms with Gasteiger partial charge in [0.1, 0.15) is 61.3 Å². The largest absolute Gasteiger partial charge is 0.489 e. The van der Waals surface area contributed by atoms with Crippen molar-refractivity contribution in [3.63, 3.8) is 0 Å². The second kappa shape index (κ2) is 26.2. The SMILES string of the molecule is C[n+]1cc(-c2ccc(OC[C@H](O/N=C(\C(=O)N[C@@H]3C(=O)N(OS(=O)(=O)ON4C(=O)[C@@H](NC(=O)/C(=N\O[C@@H](COc5ccc(-c6ccc(NCC7(N)CC7)[n+](C)c6)cc5)C(=O)O)c5csc(N)n5)C4(C)C)C3(C)C)c3csc(N)n3)C(=O)O)cc2)ccc1NCC1(N)CC1. The molecule has 6 aromatic rings. The van der Waals surface area contributed by atoms with E-state index < -0.39 is 106 Å². The maximum absolute atomic E-state index is 13.9. The molecule has 0 bridgehead atoms. The lowest BCUT2D eigenvalue weighted by Crippen LogP contribution is -2.78. The monoisotopic (exact) mass is 1340 g/mol. The van der Waals surface area contributed by atoms with E-state index in [0.717, 1.165) is 82.2 Å². The fraction of sp³-hybridized carbons (Fsp3) is 0.379. The molecular weight excluding hydrogens is 1270 g/mol. The Labute approximate surface area is 539 Å². The zero-order valence-corrected chi connectivity index (χ0v) is 53.4. The summed E-state index contributed by atoms with van der Waals surface area (Å²) in [5, 5.41) is 42.7. The Bertz CT molecular complexity index is 3810. The van der Waals surface area contributed by atoms with Crippen molar-refractivity contribution in [3.05, 3.63) is 107 Å². The molecule has 492 valence electrons. The van der Waals surface area contributed by atoms with Crippen molar-refractivity contribution in [1.29, 1.82) is 0 Å². The van der Waals surface area contributed by atoms with Gasteiger partial charge in [-0.3, -0.25) is 29.8 Å². The van der Waals surface area contributed by atoms with Gasteiger partial charge in [0.25, 0.3) is 47.5 Å². The Morgan fingerprint density at radius 2 is 0.978 bits per heavy atom. The third-order valence-corrected chi connectivity index (χ3v) is 17.8. The summed E-state index contributed by atoms with van der Waals surface area (Å²) in [4.78, 5) is 98.7. The van der Waals surface area contributed by atoms with Crippen LogP contribution in [0.25, 0.3) is 22.3 Å². The van der Waals surface area contributed by atoms with Crippen LogP contribution in [-0.2, 0) is 71.5 Å². The van der Waals surface area contributed by atoms with Gasteiger partial charge in [0.15, 0.2) is 21.7 Å². The van der Waals surface area contributed by atoms with Crippen molar-refractivity contribution >= 4 is 102 Å².